The van der Waals surface area contributed by atoms with Gasteiger partial charge in [0.05, 0.1) is 16.7 Å². The normalized spacial score (nSPS) is 11.5. The molecule has 290 valence electrons. The van der Waals surface area contributed by atoms with E-state index in [4.69, 9.17) is 0 Å². The molecule has 0 fully saturated rings. The second kappa shape index (κ2) is 14.8. The Morgan fingerprint density at radius 1 is 0.274 bits per heavy atom. The first-order chi connectivity index (χ1) is 30.8. The first kappa shape index (κ1) is 35.7. The van der Waals surface area contributed by atoms with Gasteiger partial charge in [0.1, 0.15) is 0 Å². The van der Waals surface area contributed by atoms with Gasteiger partial charge in [-0.2, -0.15) is 0 Å². The van der Waals surface area contributed by atoms with E-state index in [2.05, 4.69) is 252 Å². The van der Waals surface area contributed by atoms with Gasteiger partial charge in [-0.05, 0) is 121 Å². The molecular weight excluding hydrogens is 749 g/mol. The van der Waals surface area contributed by atoms with Crippen molar-refractivity contribution in [3.8, 4) is 39.1 Å². The van der Waals surface area contributed by atoms with Crippen LogP contribution in [0.5, 0.6) is 0 Å². The van der Waals surface area contributed by atoms with E-state index in [0.29, 0.717) is 0 Å². The second-order valence-electron chi connectivity index (χ2n) is 16.1. The highest BCUT2D eigenvalue weighted by Gasteiger charge is 2.21. The molecule has 0 bridgehead atoms. The fraction of sp³-hybridized carbons (Fsp3) is 0. The summed E-state index contributed by atoms with van der Waals surface area (Å²) in [6.45, 7) is 0. The molecule has 62 heavy (non-hydrogen) atoms. The average molecular weight is 789 g/mol. The Balaban J connectivity index is 1.04. The van der Waals surface area contributed by atoms with Crippen molar-refractivity contribution in [3.63, 3.8) is 0 Å². The van der Waals surface area contributed by atoms with Gasteiger partial charge in [-0.25, -0.2) is 0 Å². The Hall–Kier alpha value is -8.20. The molecule has 0 amide bonds. The molecule has 2 nitrogen and oxygen atoms in total. The summed E-state index contributed by atoms with van der Waals surface area (Å²) < 4.78 is 2.38. The van der Waals surface area contributed by atoms with E-state index in [1.807, 2.05) is 0 Å². The summed E-state index contributed by atoms with van der Waals surface area (Å²) >= 11 is 0. The summed E-state index contributed by atoms with van der Waals surface area (Å²) in [4.78, 5) is 2.42. The quantitative estimate of drug-likeness (QED) is 0.146. The average Bonchev–Trinajstić information content (AvgIpc) is 3.68. The van der Waals surface area contributed by atoms with Gasteiger partial charge in [-0.3, -0.25) is 0 Å². The lowest BCUT2D eigenvalue weighted by molar-refractivity contribution is 1.18. The van der Waals surface area contributed by atoms with Gasteiger partial charge >= 0.3 is 0 Å². The van der Waals surface area contributed by atoms with Gasteiger partial charge < -0.3 is 9.47 Å². The fourth-order valence-corrected chi connectivity index (χ4v) is 9.78. The molecule has 0 aliphatic carbocycles. The Morgan fingerprint density at radius 2 is 0.790 bits per heavy atom. The van der Waals surface area contributed by atoms with Crippen LogP contribution in [0.2, 0.25) is 0 Å². The first-order valence-corrected chi connectivity index (χ1v) is 21.3. The van der Waals surface area contributed by atoms with E-state index in [9.17, 15) is 0 Å². The van der Waals surface area contributed by atoms with E-state index < -0.39 is 0 Å². The molecule has 0 aliphatic heterocycles. The van der Waals surface area contributed by atoms with Crippen LogP contribution < -0.4 is 4.90 Å². The number of benzene rings is 11. The number of hydrogen-bond donors (Lipinski definition) is 0. The Kier molecular flexibility index (Phi) is 8.53. The molecule has 0 N–H and O–H groups in total. The van der Waals surface area contributed by atoms with Crippen LogP contribution in [0.15, 0.2) is 243 Å². The van der Waals surface area contributed by atoms with Gasteiger partial charge in [0.25, 0.3) is 0 Å². The summed E-state index contributed by atoms with van der Waals surface area (Å²) in [6, 6.07) is 88.4. The number of para-hydroxylation sites is 2. The van der Waals surface area contributed by atoms with Crippen LogP contribution in [0, 0.1) is 0 Å². The highest BCUT2D eigenvalue weighted by atomic mass is 15.1. The van der Waals surface area contributed by atoms with Crippen molar-refractivity contribution >= 4 is 71.2 Å². The predicted octanol–water partition coefficient (Wildman–Crippen LogP) is 16.7. The third-order valence-corrected chi connectivity index (χ3v) is 12.5. The molecule has 12 rings (SSSR count). The molecule has 0 atom stereocenters. The van der Waals surface area contributed by atoms with Crippen molar-refractivity contribution in [2.24, 2.45) is 0 Å². The summed E-state index contributed by atoms with van der Waals surface area (Å²) in [7, 11) is 0. The standard InChI is InChI=1S/C60H40N2/c1-4-18-43(19-5-1)59-51-27-12-13-28-52(51)60(44-20-6-2-7-21-44)55-39-45(33-37-53(55)59)41-31-34-47(35-32-41)61(56-30-16-22-42-17-10-11-25-49(42)56)48-36-38-58-54(40-48)50-26-14-15-29-57(50)62(58)46-23-8-3-9-24-46/h1-40H. The highest BCUT2D eigenvalue weighted by Crippen LogP contribution is 2.46. The third-order valence-electron chi connectivity index (χ3n) is 12.5. The number of nitrogens with zero attached hydrogens (tertiary/aromatic N) is 2. The lowest BCUT2D eigenvalue weighted by Crippen LogP contribution is -2.10. The molecular formula is C60H40N2. The van der Waals surface area contributed by atoms with E-state index >= 15 is 0 Å². The maximum absolute atomic E-state index is 2.42. The van der Waals surface area contributed by atoms with Crippen LogP contribution in [-0.4, -0.2) is 4.57 Å². The second-order valence-corrected chi connectivity index (χ2v) is 16.1. The van der Waals surface area contributed by atoms with E-state index in [0.717, 1.165) is 22.7 Å². The van der Waals surface area contributed by atoms with Crippen molar-refractivity contribution < 1.29 is 0 Å². The molecule has 0 unspecified atom stereocenters. The zero-order valence-electron chi connectivity index (χ0n) is 34.0. The summed E-state index contributed by atoms with van der Waals surface area (Å²) in [5.74, 6) is 0. The van der Waals surface area contributed by atoms with Gasteiger partial charge in [0.2, 0.25) is 0 Å². The molecule has 2 heteroatoms. The number of fused-ring (bicyclic) bond motifs is 6. The Morgan fingerprint density at radius 3 is 1.50 bits per heavy atom. The van der Waals surface area contributed by atoms with Crippen molar-refractivity contribution in [3.05, 3.63) is 243 Å². The van der Waals surface area contributed by atoms with Crippen molar-refractivity contribution in [1.82, 2.24) is 4.57 Å². The van der Waals surface area contributed by atoms with E-state index in [1.165, 1.54) is 87.5 Å². The SMILES string of the molecule is c1ccc(-c2c3ccccc3c(-c3ccccc3)c3cc(-c4ccc(N(c5ccc6c(c5)c5ccccc5n6-c5ccccc5)c5cccc6ccccc56)cc4)ccc23)cc1. The first-order valence-electron chi connectivity index (χ1n) is 21.3. The number of hydrogen-bond acceptors (Lipinski definition) is 1. The van der Waals surface area contributed by atoms with Crippen LogP contribution >= 0.6 is 0 Å². The number of rotatable bonds is 7. The van der Waals surface area contributed by atoms with Gasteiger partial charge in [-0.1, -0.05) is 182 Å². The molecule has 0 spiro atoms. The lowest BCUT2D eigenvalue weighted by atomic mass is 9.85. The Bertz CT molecular complexity index is 3600. The van der Waals surface area contributed by atoms with Crippen molar-refractivity contribution in [2.75, 3.05) is 4.90 Å². The highest BCUT2D eigenvalue weighted by molar-refractivity contribution is 6.22. The summed E-state index contributed by atoms with van der Waals surface area (Å²) in [5.41, 5.74) is 14.2. The zero-order chi connectivity index (χ0) is 41.0. The molecule has 11 aromatic carbocycles. The predicted molar refractivity (Wildman–Crippen MR) is 264 cm³/mol. The van der Waals surface area contributed by atoms with Crippen LogP contribution in [0.3, 0.4) is 0 Å². The molecule has 0 radical (unpaired) electrons. The summed E-state index contributed by atoms with van der Waals surface area (Å²) in [6.07, 6.45) is 0. The van der Waals surface area contributed by atoms with Crippen LogP contribution in [0.4, 0.5) is 17.1 Å². The van der Waals surface area contributed by atoms with Crippen LogP contribution in [-0.2, 0) is 0 Å². The third kappa shape index (κ3) is 5.88. The molecule has 0 saturated carbocycles. The molecule has 1 heterocycles. The molecule has 0 saturated heterocycles. The van der Waals surface area contributed by atoms with E-state index in [-0.39, 0.29) is 0 Å². The smallest absolute Gasteiger partial charge is 0.0542 e. The van der Waals surface area contributed by atoms with Crippen molar-refractivity contribution in [2.45, 2.75) is 0 Å². The minimum absolute atomic E-state index is 1.10. The number of aromatic nitrogens is 1. The minimum atomic E-state index is 1.10. The number of anilines is 3. The lowest BCUT2D eigenvalue weighted by Gasteiger charge is -2.27. The van der Waals surface area contributed by atoms with Crippen LogP contribution in [0.1, 0.15) is 0 Å². The molecule has 0 aliphatic rings. The fourth-order valence-electron chi connectivity index (χ4n) is 9.78. The topological polar surface area (TPSA) is 8.17 Å². The van der Waals surface area contributed by atoms with Gasteiger partial charge in [-0.15, -0.1) is 0 Å². The minimum Gasteiger partial charge on any atom is -0.310 e. The zero-order valence-corrected chi connectivity index (χ0v) is 34.0. The van der Waals surface area contributed by atoms with Gasteiger partial charge in [0, 0.05) is 33.2 Å². The molecule has 1 aromatic heterocycles. The monoisotopic (exact) mass is 788 g/mol. The van der Waals surface area contributed by atoms with E-state index in [1.54, 1.807) is 0 Å². The largest absolute Gasteiger partial charge is 0.310 e. The molecule has 12 aromatic rings. The van der Waals surface area contributed by atoms with Gasteiger partial charge in [0.15, 0.2) is 0 Å². The summed E-state index contributed by atoms with van der Waals surface area (Å²) in [5, 5.41) is 9.88. The maximum atomic E-state index is 2.42. The van der Waals surface area contributed by atoms with Crippen molar-refractivity contribution in [1.29, 1.82) is 0 Å². The Labute approximate surface area is 360 Å². The maximum Gasteiger partial charge on any atom is 0.0542 e. The van der Waals surface area contributed by atoms with Crippen LogP contribution in [0.25, 0.3) is 93.2 Å².